The van der Waals surface area contributed by atoms with Crippen molar-refractivity contribution in [3.8, 4) is 0 Å². The van der Waals surface area contributed by atoms with Crippen LogP contribution in [0.4, 0.5) is 0 Å². The Morgan fingerprint density at radius 1 is 1.06 bits per heavy atom. The van der Waals surface area contributed by atoms with Crippen LogP contribution >= 0.6 is 11.8 Å². The molecule has 0 atom stereocenters. The highest BCUT2D eigenvalue weighted by molar-refractivity contribution is 7.99. The number of hydrogen-bond acceptors (Lipinski definition) is 5. The van der Waals surface area contributed by atoms with Crippen LogP contribution in [0.1, 0.15) is 58.9 Å². The molecule has 0 unspecified atom stereocenters. The Balaban J connectivity index is 1.33. The summed E-state index contributed by atoms with van der Waals surface area (Å²) in [6.07, 6.45) is 6.21. The number of nitrogens with one attached hydrogen (secondary N) is 1. The van der Waals surface area contributed by atoms with Crippen molar-refractivity contribution < 1.29 is 9.59 Å². The molecule has 0 bridgehead atoms. The molecular formula is C25H37N5O2S. The molecule has 7 nitrogen and oxygen atoms in total. The monoisotopic (exact) mass is 471 g/mol. The third kappa shape index (κ3) is 6.29. The summed E-state index contributed by atoms with van der Waals surface area (Å²) in [6.45, 7) is 9.15. The van der Waals surface area contributed by atoms with Gasteiger partial charge in [0.2, 0.25) is 11.8 Å². The number of benzene rings is 1. The zero-order chi connectivity index (χ0) is 23.4. The molecule has 1 aromatic heterocycles. The van der Waals surface area contributed by atoms with Crippen molar-refractivity contribution in [1.29, 1.82) is 0 Å². The highest BCUT2D eigenvalue weighted by Gasteiger charge is 2.26. The Morgan fingerprint density at radius 2 is 1.76 bits per heavy atom. The minimum Gasteiger partial charge on any atom is -0.350 e. The number of piperazine rings is 1. The lowest BCUT2D eigenvalue weighted by molar-refractivity contribution is -0.130. The summed E-state index contributed by atoms with van der Waals surface area (Å²) < 4.78 is 2.39. The van der Waals surface area contributed by atoms with E-state index >= 15 is 0 Å². The number of aromatic nitrogens is 2. The molecular weight excluding hydrogens is 434 g/mol. The third-order valence-electron chi connectivity index (χ3n) is 6.43. The van der Waals surface area contributed by atoms with Crippen LogP contribution in [-0.2, 0) is 9.59 Å². The molecule has 1 N–H and O–H groups in total. The van der Waals surface area contributed by atoms with Gasteiger partial charge in [0.05, 0.1) is 23.3 Å². The lowest BCUT2D eigenvalue weighted by Gasteiger charge is -2.35. The molecule has 1 aliphatic heterocycles. The van der Waals surface area contributed by atoms with Gasteiger partial charge >= 0.3 is 0 Å². The zero-order valence-electron chi connectivity index (χ0n) is 20.2. The SMILES string of the molecule is CC(C)(C)NC(=O)CN1CCN(C(=O)CSc2nc3ccccc3n2C2CCCCC2)CC1. The van der Waals surface area contributed by atoms with Crippen LogP contribution in [0.25, 0.3) is 11.0 Å². The molecule has 8 heteroatoms. The number of fused-ring (bicyclic) bond motifs is 1. The molecule has 33 heavy (non-hydrogen) atoms. The molecule has 2 heterocycles. The van der Waals surface area contributed by atoms with Gasteiger partial charge in [-0.3, -0.25) is 14.5 Å². The molecule has 0 spiro atoms. The van der Waals surface area contributed by atoms with Crippen molar-refractivity contribution in [2.24, 2.45) is 0 Å². The summed E-state index contributed by atoms with van der Waals surface area (Å²) in [5, 5.41) is 3.97. The smallest absolute Gasteiger partial charge is 0.234 e. The van der Waals surface area contributed by atoms with Crippen LogP contribution in [0, 0.1) is 0 Å². The first-order chi connectivity index (χ1) is 15.8. The van der Waals surface area contributed by atoms with Gasteiger partial charge in [0, 0.05) is 37.8 Å². The Hall–Kier alpha value is -2.06. The lowest BCUT2D eigenvalue weighted by Crippen LogP contribution is -2.53. The minimum absolute atomic E-state index is 0.0412. The van der Waals surface area contributed by atoms with Crippen molar-refractivity contribution in [3.63, 3.8) is 0 Å². The summed E-state index contributed by atoms with van der Waals surface area (Å²) in [4.78, 5) is 34.1. The van der Waals surface area contributed by atoms with Crippen molar-refractivity contribution in [2.45, 2.75) is 69.6 Å². The summed E-state index contributed by atoms with van der Waals surface area (Å²) in [5.74, 6) is 0.598. The second-order valence-corrected chi connectivity index (χ2v) is 11.2. The minimum atomic E-state index is -0.222. The predicted molar refractivity (Wildman–Crippen MR) is 133 cm³/mol. The fraction of sp³-hybridized carbons (Fsp3) is 0.640. The maximum Gasteiger partial charge on any atom is 0.234 e. The molecule has 180 valence electrons. The molecule has 1 saturated carbocycles. The molecule has 2 amide bonds. The van der Waals surface area contributed by atoms with Gasteiger partial charge in [0.25, 0.3) is 0 Å². The molecule has 2 aliphatic rings. The van der Waals surface area contributed by atoms with Gasteiger partial charge in [-0.1, -0.05) is 43.2 Å². The summed E-state index contributed by atoms with van der Waals surface area (Å²) in [6, 6.07) is 8.80. The summed E-state index contributed by atoms with van der Waals surface area (Å²) in [7, 11) is 0. The molecule has 0 radical (unpaired) electrons. The van der Waals surface area contributed by atoms with Gasteiger partial charge in [0.1, 0.15) is 0 Å². The van der Waals surface area contributed by atoms with Crippen molar-refractivity contribution in [1.82, 2.24) is 24.7 Å². The topological polar surface area (TPSA) is 70.5 Å². The molecule has 2 aromatic rings. The Morgan fingerprint density at radius 3 is 2.45 bits per heavy atom. The molecule has 1 aromatic carbocycles. The second kappa shape index (κ2) is 10.5. The van der Waals surface area contributed by atoms with E-state index in [0.717, 1.165) is 23.8 Å². The van der Waals surface area contributed by atoms with Crippen LogP contribution in [-0.4, -0.2) is 75.2 Å². The van der Waals surface area contributed by atoms with Crippen molar-refractivity contribution >= 4 is 34.6 Å². The number of carbonyl (C=O) groups excluding carboxylic acids is 2. The lowest BCUT2D eigenvalue weighted by atomic mass is 9.95. The van der Waals surface area contributed by atoms with E-state index in [1.165, 1.54) is 37.6 Å². The van der Waals surface area contributed by atoms with Gasteiger partial charge in [-0.05, 0) is 45.7 Å². The van der Waals surface area contributed by atoms with Gasteiger partial charge < -0.3 is 14.8 Å². The molecule has 1 aliphatic carbocycles. The van der Waals surface area contributed by atoms with Gasteiger partial charge in [-0.25, -0.2) is 4.98 Å². The Bertz CT molecular complexity index is 969. The normalized spacial score (nSPS) is 18.6. The van der Waals surface area contributed by atoms with Gasteiger partial charge in [0.15, 0.2) is 5.16 Å². The van der Waals surface area contributed by atoms with Crippen LogP contribution in [0.15, 0.2) is 29.4 Å². The molecule has 4 rings (SSSR count). The fourth-order valence-electron chi connectivity index (χ4n) is 4.85. The van der Waals surface area contributed by atoms with E-state index < -0.39 is 0 Å². The highest BCUT2D eigenvalue weighted by atomic mass is 32.2. The van der Waals surface area contributed by atoms with E-state index in [2.05, 4.69) is 33.0 Å². The number of hydrogen-bond donors (Lipinski definition) is 1. The van der Waals surface area contributed by atoms with Crippen molar-refractivity contribution in [2.75, 3.05) is 38.5 Å². The molecule has 2 fully saturated rings. The first-order valence-electron chi connectivity index (χ1n) is 12.2. The first kappa shape index (κ1) is 24.1. The quantitative estimate of drug-likeness (QED) is 0.651. The number of imidazole rings is 1. The Kier molecular flexibility index (Phi) is 7.64. The van der Waals surface area contributed by atoms with E-state index in [-0.39, 0.29) is 17.4 Å². The van der Waals surface area contributed by atoms with Crippen LogP contribution in [0.5, 0.6) is 0 Å². The standard InChI is InChI=1S/C25H37N5O2S/c1-25(2,3)27-22(31)17-28-13-15-29(16-14-28)23(32)18-33-24-26-20-11-7-8-12-21(20)30(24)19-9-5-4-6-10-19/h7-8,11-12,19H,4-6,9-10,13-18H2,1-3H3,(H,27,31). The van der Waals surface area contributed by atoms with Crippen molar-refractivity contribution in [3.05, 3.63) is 24.3 Å². The number of carbonyl (C=O) groups is 2. The third-order valence-corrected chi connectivity index (χ3v) is 7.37. The average Bonchev–Trinajstić information content (AvgIpc) is 3.15. The summed E-state index contributed by atoms with van der Waals surface area (Å²) in [5.41, 5.74) is 1.97. The number of rotatable bonds is 6. The number of amides is 2. The summed E-state index contributed by atoms with van der Waals surface area (Å²) >= 11 is 1.57. The second-order valence-electron chi connectivity index (χ2n) is 10.3. The molecule has 1 saturated heterocycles. The van der Waals surface area contributed by atoms with E-state index in [9.17, 15) is 9.59 Å². The van der Waals surface area contributed by atoms with Gasteiger partial charge in [-0.2, -0.15) is 0 Å². The van der Waals surface area contributed by atoms with Gasteiger partial charge in [-0.15, -0.1) is 0 Å². The zero-order valence-corrected chi connectivity index (χ0v) is 21.0. The fourth-order valence-corrected chi connectivity index (χ4v) is 5.83. The predicted octanol–water partition coefficient (Wildman–Crippen LogP) is 3.69. The van der Waals surface area contributed by atoms with Crippen LogP contribution < -0.4 is 5.32 Å². The Labute approximate surface area is 201 Å². The van der Waals surface area contributed by atoms with Crippen LogP contribution in [0.2, 0.25) is 0 Å². The van der Waals surface area contributed by atoms with Crippen LogP contribution in [0.3, 0.4) is 0 Å². The number of para-hydroxylation sites is 2. The first-order valence-corrected chi connectivity index (χ1v) is 13.2. The largest absolute Gasteiger partial charge is 0.350 e. The van der Waals surface area contributed by atoms with E-state index in [1.807, 2.05) is 31.7 Å². The maximum atomic E-state index is 13.0. The number of nitrogens with zero attached hydrogens (tertiary/aromatic N) is 4. The van der Waals surface area contributed by atoms with E-state index in [1.54, 1.807) is 11.8 Å². The highest BCUT2D eigenvalue weighted by Crippen LogP contribution is 2.35. The van der Waals surface area contributed by atoms with E-state index in [4.69, 9.17) is 4.98 Å². The average molecular weight is 472 g/mol. The maximum absolute atomic E-state index is 13.0. The van der Waals surface area contributed by atoms with E-state index in [0.29, 0.717) is 31.4 Å². The number of thioether (sulfide) groups is 1.